The molecule has 1 aliphatic rings. The highest BCUT2D eigenvalue weighted by molar-refractivity contribution is 8.15. The van der Waals surface area contributed by atoms with Crippen LogP contribution in [0, 0.1) is 6.92 Å². The minimum Gasteiger partial charge on any atom is -0.460 e. The zero-order chi connectivity index (χ0) is 17.6. The van der Waals surface area contributed by atoms with Crippen LogP contribution in [-0.4, -0.2) is 28.4 Å². The summed E-state index contributed by atoms with van der Waals surface area (Å²) < 4.78 is 5.33. The van der Waals surface area contributed by atoms with Gasteiger partial charge in [0.25, 0.3) is 0 Å². The molecule has 0 spiro atoms. The molecule has 1 aromatic heterocycles. The summed E-state index contributed by atoms with van der Waals surface area (Å²) in [6.07, 6.45) is 1.52. The molecule has 0 saturated carbocycles. The van der Waals surface area contributed by atoms with Crippen molar-refractivity contribution in [3.05, 3.63) is 54.0 Å². The average Bonchev–Trinajstić information content (AvgIpc) is 3.14. The molecule has 0 bridgehead atoms. The summed E-state index contributed by atoms with van der Waals surface area (Å²) in [5, 5.41) is 13.0. The normalized spacial score (nSPS) is 18.7. The van der Waals surface area contributed by atoms with Gasteiger partial charge in [-0.2, -0.15) is 5.10 Å². The molecule has 1 aliphatic heterocycles. The van der Waals surface area contributed by atoms with Gasteiger partial charge in [0.2, 0.25) is 11.8 Å². The standard InChI is InChI=1S/C17H16N4O3S/c1-11-7-8-13(24-11)10-18-21-17-20-16(23)14(25-17)9-15(22)19-12-5-3-2-4-6-12/h2-8,10,14H,9H2,1H3,(H,19,22)(H,20,21,23)/b18-10+. The molecule has 2 amide bonds. The Morgan fingerprint density at radius 1 is 1.32 bits per heavy atom. The van der Waals surface area contributed by atoms with Crippen molar-refractivity contribution in [1.29, 1.82) is 0 Å². The summed E-state index contributed by atoms with van der Waals surface area (Å²) in [5.41, 5.74) is 0.697. The number of furan rings is 1. The molecule has 2 aromatic rings. The van der Waals surface area contributed by atoms with Crippen molar-refractivity contribution in [2.45, 2.75) is 18.6 Å². The Kier molecular flexibility index (Phi) is 5.30. The lowest BCUT2D eigenvalue weighted by Gasteiger charge is -2.06. The number of nitrogens with zero attached hydrogens (tertiary/aromatic N) is 2. The Hall–Kier alpha value is -2.87. The maximum absolute atomic E-state index is 12.0. The van der Waals surface area contributed by atoms with Crippen molar-refractivity contribution in [2.24, 2.45) is 10.2 Å². The second kappa shape index (κ2) is 7.80. The van der Waals surface area contributed by atoms with Crippen LogP contribution in [-0.2, 0) is 9.59 Å². The summed E-state index contributed by atoms with van der Waals surface area (Å²) in [6, 6.07) is 12.7. The number of amides is 2. The fourth-order valence-electron chi connectivity index (χ4n) is 2.15. The van der Waals surface area contributed by atoms with Gasteiger partial charge in [0.15, 0.2) is 5.17 Å². The molecule has 25 heavy (non-hydrogen) atoms. The number of anilines is 1. The number of hydrogen-bond acceptors (Lipinski definition) is 6. The van der Waals surface area contributed by atoms with Crippen LogP contribution in [0.15, 0.2) is 57.1 Å². The van der Waals surface area contributed by atoms with E-state index in [0.29, 0.717) is 16.6 Å². The molecule has 1 saturated heterocycles. The largest absolute Gasteiger partial charge is 0.460 e. The predicted octanol–water partition coefficient (Wildman–Crippen LogP) is 2.54. The number of amidine groups is 1. The first kappa shape index (κ1) is 17.0. The van der Waals surface area contributed by atoms with Crippen molar-refractivity contribution in [1.82, 2.24) is 5.32 Å². The van der Waals surface area contributed by atoms with Gasteiger partial charge in [-0.1, -0.05) is 30.0 Å². The molecule has 1 aromatic carbocycles. The van der Waals surface area contributed by atoms with Crippen molar-refractivity contribution >= 4 is 40.6 Å². The van der Waals surface area contributed by atoms with E-state index in [1.54, 1.807) is 18.2 Å². The number of thioether (sulfide) groups is 1. The van der Waals surface area contributed by atoms with Crippen LogP contribution >= 0.6 is 11.8 Å². The smallest absolute Gasteiger partial charge is 0.240 e. The first-order valence-corrected chi connectivity index (χ1v) is 8.48. The Balaban J connectivity index is 1.54. The highest BCUT2D eigenvalue weighted by Gasteiger charge is 2.32. The van der Waals surface area contributed by atoms with Gasteiger partial charge >= 0.3 is 0 Å². The lowest BCUT2D eigenvalue weighted by Crippen LogP contribution is -2.28. The fraction of sp³-hybridized carbons (Fsp3) is 0.176. The highest BCUT2D eigenvalue weighted by Crippen LogP contribution is 2.23. The summed E-state index contributed by atoms with van der Waals surface area (Å²) in [5.74, 6) is 0.878. The second-order valence-electron chi connectivity index (χ2n) is 5.31. The fourth-order valence-corrected chi connectivity index (χ4v) is 3.07. The van der Waals surface area contributed by atoms with E-state index in [0.717, 1.165) is 5.76 Å². The number of carbonyl (C=O) groups excluding carboxylic acids is 2. The maximum atomic E-state index is 12.0. The lowest BCUT2D eigenvalue weighted by atomic mass is 10.2. The molecule has 1 fully saturated rings. The van der Waals surface area contributed by atoms with Crippen molar-refractivity contribution in [3.8, 4) is 0 Å². The quantitative estimate of drug-likeness (QED) is 0.636. The van der Waals surface area contributed by atoms with Gasteiger partial charge in [-0.15, -0.1) is 5.10 Å². The van der Waals surface area contributed by atoms with Gasteiger partial charge in [0, 0.05) is 12.1 Å². The van der Waals surface area contributed by atoms with E-state index in [2.05, 4.69) is 20.8 Å². The summed E-state index contributed by atoms with van der Waals surface area (Å²) in [6.45, 7) is 1.83. The van der Waals surface area contributed by atoms with Crippen LogP contribution in [0.3, 0.4) is 0 Å². The SMILES string of the molecule is Cc1ccc(/C=N/N=C2/NC(=O)C(CC(=O)Nc3ccccc3)S2)o1. The second-order valence-corrected chi connectivity index (χ2v) is 6.50. The molecular formula is C17H16N4O3S. The maximum Gasteiger partial charge on any atom is 0.240 e. The van der Waals surface area contributed by atoms with E-state index >= 15 is 0 Å². The highest BCUT2D eigenvalue weighted by atomic mass is 32.2. The Bertz CT molecular complexity index is 829. The topological polar surface area (TPSA) is 96.1 Å². The van der Waals surface area contributed by atoms with E-state index in [9.17, 15) is 9.59 Å². The number of hydrogen-bond donors (Lipinski definition) is 2. The molecule has 0 aliphatic carbocycles. The summed E-state index contributed by atoms with van der Waals surface area (Å²) in [4.78, 5) is 24.0. The summed E-state index contributed by atoms with van der Waals surface area (Å²) in [7, 11) is 0. The summed E-state index contributed by atoms with van der Waals surface area (Å²) >= 11 is 1.18. The average molecular weight is 356 g/mol. The van der Waals surface area contributed by atoms with Gasteiger partial charge in [0.1, 0.15) is 16.8 Å². The van der Waals surface area contributed by atoms with Crippen LogP contribution in [0.4, 0.5) is 5.69 Å². The van der Waals surface area contributed by atoms with Crippen molar-refractivity contribution in [2.75, 3.05) is 5.32 Å². The van der Waals surface area contributed by atoms with E-state index < -0.39 is 5.25 Å². The minimum absolute atomic E-state index is 0.0610. The molecule has 8 heteroatoms. The van der Waals surface area contributed by atoms with E-state index in [1.807, 2.05) is 31.2 Å². The number of carbonyl (C=O) groups is 2. The van der Waals surface area contributed by atoms with Crippen LogP contribution in [0.2, 0.25) is 0 Å². The zero-order valence-electron chi connectivity index (χ0n) is 13.4. The van der Waals surface area contributed by atoms with Gasteiger partial charge < -0.3 is 15.1 Å². The van der Waals surface area contributed by atoms with Crippen LogP contribution < -0.4 is 10.6 Å². The lowest BCUT2D eigenvalue weighted by molar-refractivity contribution is -0.122. The van der Waals surface area contributed by atoms with Gasteiger partial charge in [0.05, 0.1) is 6.21 Å². The van der Waals surface area contributed by atoms with Crippen LogP contribution in [0.25, 0.3) is 0 Å². The van der Waals surface area contributed by atoms with Gasteiger partial charge in [-0.25, -0.2) is 0 Å². The van der Waals surface area contributed by atoms with Gasteiger partial charge in [-0.05, 0) is 31.2 Å². The number of benzene rings is 1. The molecular weight excluding hydrogens is 340 g/mol. The Morgan fingerprint density at radius 3 is 2.84 bits per heavy atom. The van der Waals surface area contributed by atoms with Crippen LogP contribution in [0.5, 0.6) is 0 Å². The molecule has 128 valence electrons. The minimum atomic E-state index is -0.525. The first-order chi connectivity index (χ1) is 12.1. The van der Waals surface area contributed by atoms with E-state index in [4.69, 9.17) is 4.42 Å². The third-order valence-corrected chi connectivity index (χ3v) is 4.37. The zero-order valence-corrected chi connectivity index (χ0v) is 14.2. The number of aryl methyl sites for hydroxylation is 1. The number of rotatable bonds is 5. The number of nitrogens with one attached hydrogen (secondary N) is 2. The third kappa shape index (κ3) is 4.80. The molecule has 3 rings (SSSR count). The van der Waals surface area contributed by atoms with E-state index in [1.165, 1.54) is 18.0 Å². The molecule has 0 radical (unpaired) electrons. The molecule has 7 nitrogen and oxygen atoms in total. The first-order valence-electron chi connectivity index (χ1n) is 7.60. The monoisotopic (exact) mass is 356 g/mol. The molecule has 2 N–H and O–H groups in total. The Labute approximate surface area is 148 Å². The third-order valence-electron chi connectivity index (χ3n) is 3.30. The molecule has 2 heterocycles. The van der Waals surface area contributed by atoms with Crippen molar-refractivity contribution < 1.29 is 14.0 Å². The predicted molar refractivity (Wildman–Crippen MR) is 97.7 cm³/mol. The van der Waals surface area contributed by atoms with E-state index in [-0.39, 0.29) is 18.2 Å². The molecule has 1 unspecified atom stereocenters. The molecule has 1 atom stereocenters. The Morgan fingerprint density at radius 2 is 2.12 bits per heavy atom. The number of para-hydroxylation sites is 1. The van der Waals surface area contributed by atoms with Crippen LogP contribution in [0.1, 0.15) is 17.9 Å². The van der Waals surface area contributed by atoms with Crippen molar-refractivity contribution in [3.63, 3.8) is 0 Å². The van der Waals surface area contributed by atoms with Gasteiger partial charge in [-0.3, -0.25) is 9.59 Å².